The Morgan fingerprint density at radius 2 is 1.23 bits per heavy atom. The van der Waals surface area contributed by atoms with Crippen LogP contribution >= 0.6 is 11.8 Å². The van der Waals surface area contributed by atoms with Gasteiger partial charge in [0.15, 0.2) is 0 Å². The highest BCUT2D eigenvalue weighted by atomic mass is 32.2. The van der Waals surface area contributed by atoms with Crippen LogP contribution in [0.25, 0.3) is 0 Å². The highest BCUT2D eigenvalue weighted by Gasteiger charge is 2.13. The molecule has 35 heavy (non-hydrogen) atoms. The molecule has 0 aliphatic carbocycles. The molecule has 7 nitrogen and oxygen atoms in total. The molecule has 0 radical (unpaired) electrons. The summed E-state index contributed by atoms with van der Waals surface area (Å²) >= 11 is 1.79. The van der Waals surface area contributed by atoms with E-state index in [4.69, 9.17) is 9.47 Å². The molecule has 3 aromatic rings. The van der Waals surface area contributed by atoms with Crippen LogP contribution in [0.3, 0.4) is 0 Å². The lowest BCUT2D eigenvalue weighted by molar-refractivity contribution is -0.384. The standard InChI is InChI=1S/C27H27NO6S/c1-2-3-4-5-6-19-35-25-17-9-21(10-18-25)27(30)34-24-15-13-23(14-16-24)33-26(29)20-7-11-22(12-8-20)28(31)32/h7-18H,2-6,19H2,1H3. The molecule has 3 aromatic carbocycles. The molecule has 182 valence electrons. The van der Waals surface area contributed by atoms with Gasteiger partial charge in [-0.25, -0.2) is 9.59 Å². The van der Waals surface area contributed by atoms with Gasteiger partial charge in [-0.15, -0.1) is 11.8 Å². The van der Waals surface area contributed by atoms with E-state index in [1.165, 1.54) is 80.6 Å². The predicted molar refractivity (Wildman–Crippen MR) is 135 cm³/mol. The van der Waals surface area contributed by atoms with Gasteiger partial charge >= 0.3 is 11.9 Å². The number of esters is 2. The second kappa shape index (κ2) is 13.3. The van der Waals surface area contributed by atoms with Gasteiger partial charge in [-0.3, -0.25) is 10.1 Å². The Morgan fingerprint density at radius 3 is 1.71 bits per heavy atom. The first-order chi connectivity index (χ1) is 17.0. The van der Waals surface area contributed by atoms with Crippen LogP contribution in [0.15, 0.2) is 77.7 Å². The summed E-state index contributed by atoms with van der Waals surface area (Å²) in [6.07, 6.45) is 6.25. The summed E-state index contributed by atoms with van der Waals surface area (Å²) in [4.78, 5) is 36.0. The van der Waals surface area contributed by atoms with Gasteiger partial charge in [0, 0.05) is 17.0 Å². The molecule has 8 heteroatoms. The largest absolute Gasteiger partial charge is 0.423 e. The molecule has 0 aliphatic heterocycles. The van der Waals surface area contributed by atoms with Gasteiger partial charge in [0.05, 0.1) is 16.1 Å². The molecule has 0 unspecified atom stereocenters. The quantitative estimate of drug-likeness (QED) is 0.0663. The van der Waals surface area contributed by atoms with E-state index < -0.39 is 16.9 Å². The van der Waals surface area contributed by atoms with Crippen LogP contribution < -0.4 is 9.47 Å². The highest BCUT2D eigenvalue weighted by Crippen LogP contribution is 2.23. The second-order valence-electron chi connectivity index (χ2n) is 7.84. The lowest BCUT2D eigenvalue weighted by atomic mass is 10.2. The summed E-state index contributed by atoms with van der Waals surface area (Å²) in [6, 6.07) is 18.5. The Balaban J connectivity index is 1.47. The summed E-state index contributed by atoms with van der Waals surface area (Å²) < 4.78 is 10.7. The molecule has 0 fully saturated rings. The minimum absolute atomic E-state index is 0.112. The molecule has 0 atom stereocenters. The normalized spacial score (nSPS) is 10.5. The van der Waals surface area contributed by atoms with Crippen LogP contribution in [0.5, 0.6) is 11.5 Å². The van der Waals surface area contributed by atoms with Gasteiger partial charge in [0.25, 0.3) is 5.69 Å². The number of hydrogen-bond acceptors (Lipinski definition) is 7. The molecule has 0 amide bonds. The van der Waals surface area contributed by atoms with Crippen molar-refractivity contribution in [1.29, 1.82) is 0 Å². The van der Waals surface area contributed by atoms with Gasteiger partial charge in [-0.1, -0.05) is 32.6 Å². The summed E-state index contributed by atoms with van der Waals surface area (Å²) in [6.45, 7) is 2.21. The van der Waals surface area contributed by atoms with Crippen molar-refractivity contribution in [2.45, 2.75) is 43.9 Å². The zero-order valence-corrected chi connectivity index (χ0v) is 20.3. The fourth-order valence-electron chi connectivity index (χ4n) is 3.21. The number of nitro benzene ring substituents is 1. The molecule has 0 spiro atoms. The molecule has 0 bridgehead atoms. The highest BCUT2D eigenvalue weighted by molar-refractivity contribution is 7.99. The third-order valence-electron chi connectivity index (χ3n) is 5.17. The molecule has 0 heterocycles. The van der Waals surface area contributed by atoms with Crippen molar-refractivity contribution in [1.82, 2.24) is 0 Å². The minimum Gasteiger partial charge on any atom is -0.423 e. The lowest BCUT2D eigenvalue weighted by Crippen LogP contribution is -2.09. The first-order valence-electron chi connectivity index (χ1n) is 11.5. The fraction of sp³-hybridized carbons (Fsp3) is 0.259. The van der Waals surface area contributed by atoms with E-state index in [0.717, 1.165) is 10.6 Å². The van der Waals surface area contributed by atoms with Crippen molar-refractivity contribution in [2.75, 3.05) is 5.75 Å². The number of nitro groups is 1. The molecular weight excluding hydrogens is 466 g/mol. The summed E-state index contributed by atoms with van der Waals surface area (Å²) in [5.74, 6) is 0.509. The number of thioether (sulfide) groups is 1. The number of ether oxygens (including phenoxy) is 2. The summed E-state index contributed by atoms with van der Waals surface area (Å²) in [7, 11) is 0. The fourth-order valence-corrected chi connectivity index (χ4v) is 4.12. The van der Waals surface area contributed by atoms with E-state index in [9.17, 15) is 19.7 Å². The molecule has 3 rings (SSSR count). The van der Waals surface area contributed by atoms with Crippen molar-refractivity contribution >= 4 is 29.4 Å². The molecule has 0 aromatic heterocycles. The van der Waals surface area contributed by atoms with Gasteiger partial charge in [0.2, 0.25) is 0 Å². The zero-order chi connectivity index (χ0) is 25.0. The number of carbonyl (C=O) groups excluding carboxylic acids is 2. The van der Waals surface area contributed by atoms with E-state index in [0.29, 0.717) is 11.3 Å². The van der Waals surface area contributed by atoms with Crippen molar-refractivity contribution < 1.29 is 24.0 Å². The number of non-ortho nitro benzene ring substituents is 1. The summed E-state index contributed by atoms with van der Waals surface area (Å²) in [5, 5.41) is 10.7. The van der Waals surface area contributed by atoms with Crippen LogP contribution in [0, 0.1) is 10.1 Å². The maximum atomic E-state index is 12.4. The third kappa shape index (κ3) is 8.26. The molecule has 0 saturated heterocycles. The number of rotatable bonds is 12. The predicted octanol–water partition coefficient (Wildman–Crippen LogP) is 7.10. The number of hydrogen-bond donors (Lipinski definition) is 0. The van der Waals surface area contributed by atoms with Gasteiger partial charge in [-0.05, 0) is 72.8 Å². The smallest absolute Gasteiger partial charge is 0.343 e. The van der Waals surface area contributed by atoms with Crippen LogP contribution in [0.4, 0.5) is 5.69 Å². The zero-order valence-electron chi connectivity index (χ0n) is 19.5. The SMILES string of the molecule is CCCCCCCSc1ccc(C(=O)Oc2ccc(OC(=O)c3ccc([N+](=O)[O-])cc3)cc2)cc1. The molecule has 0 aliphatic rings. The van der Waals surface area contributed by atoms with E-state index in [2.05, 4.69) is 6.92 Å². The Hall–Kier alpha value is -3.65. The van der Waals surface area contributed by atoms with Crippen LogP contribution in [-0.2, 0) is 0 Å². The van der Waals surface area contributed by atoms with Crippen LogP contribution in [0.2, 0.25) is 0 Å². The topological polar surface area (TPSA) is 95.7 Å². The average Bonchev–Trinajstić information content (AvgIpc) is 2.87. The third-order valence-corrected chi connectivity index (χ3v) is 6.26. The molecular formula is C27H27NO6S. The van der Waals surface area contributed by atoms with Crippen LogP contribution in [-0.4, -0.2) is 22.6 Å². The first kappa shape index (κ1) is 26.0. The van der Waals surface area contributed by atoms with Crippen molar-refractivity contribution in [3.63, 3.8) is 0 Å². The number of benzene rings is 3. The van der Waals surface area contributed by atoms with Gasteiger partial charge in [-0.2, -0.15) is 0 Å². The van der Waals surface area contributed by atoms with Crippen LogP contribution in [0.1, 0.15) is 59.7 Å². The monoisotopic (exact) mass is 493 g/mol. The lowest BCUT2D eigenvalue weighted by Gasteiger charge is -2.07. The number of carbonyl (C=O) groups is 2. The average molecular weight is 494 g/mol. The van der Waals surface area contributed by atoms with Gasteiger partial charge < -0.3 is 9.47 Å². The maximum absolute atomic E-state index is 12.4. The maximum Gasteiger partial charge on any atom is 0.343 e. The second-order valence-corrected chi connectivity index (χ2v) is 9.01. The van der Waals surface area contributed by atoms with Crippen molar-refractivity contribution in [3.8, 4) is 11.5 Å². The summed E-state index contributed by atoms with van der Waals surface area (Å²) in [5.41, 5.74) is 0.522. The Kier molecular flexibility index (Phi) is 9.86. The molecule has 0 N–H and O–H groups in total. The van der Waals surface area contributed by atoms with E-state index >= 15 is 0 Å². The minimum atomic E-state index is -0.649. The Labute approximate surface area is 208 Å². The van der Waals surface area contributed by atoms with E-state index in [1.54, 1.807) is 23.9 Å². The van der Waals surface area contributed by atoms with Gasteiger partial charge in [0.1, 0.15) is 11.5 Å². The van der Waals surface area contributed by atoms with E-state index in [1.807, 2.05) is 12.1 Å². The number of nitrogens with zero attached hydrogens (tertiary/aromatic N) is 1. The van der Waals surface area contributed by atoms with Crippen molar-refractivity contribution in [3.05, 3.63) is 94.0 Å². The molecule has 0 saturated carbocycles. The number of unbranched alkanes of at least 4 members (excludes halogenated alkanes) is 4. The van der Waals surface area contributed by atoms with Crippen molar-refractivity contribution in [2.24, 2.45) is 0 Å². The van der Waals surface area contributed by atoms with E-state index in [-0.39, 0.29) is 17.0 Å². The first-order valence-corrected chi connectivity index (χ1v) is 12.5. The Bertz CT molecular complexity index is 1130. The Morgan fingerprint density at radius 1 is 0.743 bits per heavy atom.